The lowest BCUT2D eigenvalue weighted by atomic mass is 9.89. The number of nitrogens with zero attached hydrogens (tertiary/aromatic N) is 2. The first-order chi connectivity index (χ1) is 26.2. The van der Waals surface area contributed by atoms with Crippen molar-refractivity contribution in [3.63, 3.8) is 0 Å². The summed E-state index contributed by atoms with van der Waals surface area (Å²) in [4.78, 5) is 72.3. The zero-order valence-electron chi connectivity index (χ0n) is 36.6. The lowest BCUT2D eigenvalue weighted by Gasteiger charge is -2.41. The number of likely N-dealkylation sites (tertiary alicyclic amines) is 1. The van der Waals surface area contributed by atoms with E-state index in [-0.39, 0.29) is 54.2 Å². The maximum Gasteiger partial charge on any atom is 0.329 e. The van der Waals surface area contributed by atoms with Gasteiger partial charge in [0.15, 0.2) is 0 Å². The molecule has 1 saturated heterocycles. The highest BCUT2D eigenvalue weighted by molar-refractivity contribution is 5.90. The molecule has 4 amide bonds. The summed E-state index contributed by atoms with van der Waals surface area (Å²) in [6, 6.07) is 6.42. The maximum absolute atomic E-state index is 14.3. The van der Waals surface area contributed by atoms with Gasteiger partial charge < -0.3 is 40.0 Å². The van der Waals surface area contributed by atoms with Crippen LogP contribution in [0.5, 0.6) is 0 Å². The number of rotatable bonds is 21. The first kappa shape index (κ1) is 48.6. The topological polar surface area (TPSA) is 156 Å². The second kappa shape index (κ2) is 22.4. The highest BCUT2D eigenvalue weighted by atomic mass is 16.6. The Morgan fingerprint density at radius 3 is 2.00 bits per heavy atom. The van der Waals surface area contributed by atoms with Crippen LogP contribution < -0.4 is 16.0 Å². The molecule has 3 N–H and O–H groups in total. The van der Waals surface area contributed by atoms with Gasteiger partial charge in [-0.25, -0.2) is 4.79 Å². The Balaban J connectivity index is 2.31. The molecule has 0 aliphatic carbocycles. The van der Waals surface area contributed by atoms with Gasteiger partial charge in [-0.3, -0.25) is 19.2 Å². The molecule has 318 valence electrons. The molecule has 1 aromatic carbocycles. The number of likely N-dealkylation sites (N-methyl/N-ethyl adjacent to an activating group) is 2. The van der Waals surface area contributed by atoms with Gasteiger partial charge in [0, 0.05) is 34.2 Å². The minimum absolute atomic E-state index is 0.00230. The number of hydrogen-bond acceptors (Lipinski definition) is 9. The third kappa shape index (κ3) is 13.5. The third-order valence-electron chi connectivity index (χ3n) is 11.0. The minimum atomic E-state index is -0.923. The Morgan fingerprint density at radius 2 is 1.50 bits per heavy atom. The molecule has 1 heterocycles. The van der Waals surface area contributed by atoms with Gasteiger partial charge >= 0.3 is 5.97 Å². The van der Waals surface area contributed by atoms with E-state index in [9.17, 15) is 24.0 Å². The molecule has 1 aromatic rings. The summed E-state index contributed by atoms with van der Waals surface area (Å²) in [6.07, 6.45) is 1.04. The van der Waals surface area contributed by atoms with E-state index in [1.54, 1.807) is 58.7 Å². The van der Waals surface area contributed by atoms with Crippen LogP contribution in [-0.4, -0.2) is 122 Å². The number of hydrogen-bond donors (Lipinski definition) is 3. The summed E-state index contributed by atoms with van der Waals surface area (Å²) in [5.74, 6) is -2.48. The van der Waals surface area contributed by atoms with Crippen LogP contribution in [0.1, 0.15) is 100 Å². The van der Waals surface area contributed by atoms with Crippen molar-refractivity contribution in [2.45, 2.75) is 149 Å². The van der Waals surface area contributed by atoms with Crippen molar-refractivity contribution < 1.29 is 38.2 Å². The number of methoxy groups -OCH3 is 2. The number of benzene rings is 1. The Kier molecular flexibility index (Phi) is 19.4. The van der Waals surface area contributed by atoms with E-state index >= 15 is 0 Å². The summed E-state index contributed by atoms with van der Waals surface area (Å²) in [6.45, 7) is 19.3. The first-order valence-electron chi connectivity index (χ1n) is 20.4. The van der Waals surface area contributed by atoms with E-state index in [0.717, 1.165) is 18.4 Å². The van der Waals surface area contributed by atoms with Gasteiger partial charge in [0.2, 0.25) is 23.6 Å². The van der Waals surface area contributed by atoms with E-state index < -0.39 is 59.9 Å². The van der Waals surface area contributed by atoms with Crippen LogP contribution in [0.3, 0.4) is 0 Å². The second-order valence-corrected chi connectivity index (χ2v) is 17.1. The van der Waals surface area contributed by atoms with E-state index in [1.165, 1.54) is 7.11 Å². The number of amides is 4. The van der Waals surface area contributed by atoms with Crippen LogP contribution in [0.4, 0.5) is 0 Å². The number of esters is 1. The van der Waals surface area contributed by atoms with Crippen molar-refractivity contribution in [3.05, 3.63) is 35.9 Å². The Morgan fingerprint density at radius 1 is 0.893 bits per heavy atom. The molecule has 2 rings (SSSR count). The lowest BCUT2D eigenvalue weighted by molar-refractivity contribution is -0.159. The van der Waals surface area contributed by atoms with E-state index in [4.69, 9.17) is 14.2 Å². The average Bonchev–Trinajstić information content (AvgIpc) is 3.62. The van der Waals surface area contributed by atoms with Crippen molar-refractivity contribution in [2.75, 3.05) is 34.9 Å². The molecule has 1 aliphatic rings. The van der Waals surface area contributed by atoms with Crippen LogP contribution in [-0.2, 0) is 44.6 Å². The minimum Gasteiger partial charge on any atom is -0.458 e. The smallest absolute Gasteiger partial charge is 0.329 e. The van der Waals surface area contributed by atoms with Gasteiger partial charge in [0.05, 0.1) is 42.7 Å². The van der Waals surface area contributed by atoms with Gasteiger partial charge in [-0.05, 0) is 64.0 Å². The number of carbonyl (C=O) groups excluding carboxylic acids is 5. The van der Waals surface area contributed by atoms with Gasteiger partial charge in [-0.2, -0.15) is 0 Å². The fourth-order valence-corrected chi connectivity index (χ4v) is 7.77. The largest absolute Gasteiger partial charge is 0.458 e. The van der Waals surface area contributed by atoms with Crippen LogP contribution in [0.25, 0.3) is 0 Å². The zero-order valence-corrected chi connectivity index (χ0v) is 36.6. The van der Waals surface area contributed by atoms with Crippen LogP contribution in [0.15, 0.2) is 30.3 Å². The predicted octanol–water partition coefficient (Wildman–Crippen LogP) is 4.36. The number of ether oxygens (including phenoxy) is 3. The molecule has 4 unspecified atom stereocenters. The van der Waals surface area contributed by atoms with E-state index in [2.05, 4.69) is 16.0 Å². The zero-order chi connectivity index (χ0) is 42.5. The number of carbonyl (C=O) groups is 5. The summed E-state index contributed by atoms with van der Waals surface area (Å²) in [7, 11) is 6.53. The molecule has 56 heavy (non-hydrogen) atoms. The molecular weight excluding hydrogens is 714 g/mol. The average molecular weight is 788 g/mol. The SMILES string of the molecule is CC[C@H](C)[C@@H](C(CC(=O)N1CCC[C@H]1C(OC)C(C)C(=O)N[C@@H](Cc1ccccc1)C(=O)OC(C)(C)C)OC)N(C)C(=O)[C@@H](NC(=O)C(NC)C(C)C)C(C)C. The van der Waals surface area contributed by atoms with Gasteiger partial charge in [0.1, 0.15) is 17.7 Å². The van der Waals surface area contributed by atoms with Crippen LogP contribution in [0, 0.1) is 23.7 Å². The Hall–Kier alpha value is -3.55. The van der Waals surface area contributed by atoms with Crippen molar-refractivity contribution in [3.8, 4) is 0 Å². The normalized spacial score (nSPS) is 19.0. The molecule has 0 radical (unpaired) electrons. The first-order valence-corrected chi connectivity index (χ1v) is 20.4. The van der Waals surface area contributed by atoms with Gasteiger partial charge in [0.25, 0.3) is 0 Å². The summed E-state index contributed by atoms with van der Waals surface area (Å²) in [5.41, 5.74) is 0.134. The summed E-state index contributed by atoms with van der Waals surface area (Å²) in [5, 5.41) is 8.96. The Bertz CT molecular complexity index is 1420. The molecule has 0 spiro atoms. The van der Waals surface area contributed by atoms with E-state index in [0.29, 0.717) is 13.0 Å². The molecular formula is C43H73N5O8. The van der Waals surface area contributed by atoms with Gasteiger partial charge in [-0.1, -0.05) is 85.2 Å². The van der Waals surface area contributed by atoms with Crippen molar-refractivity contribution in [1.82, 2.24) is 25.8 Å². The third-order valence-corrected chi connectivity index (χ3v) is 11.0. The van der Waals surface area contributed by atoms with Crippen molar-refractivity contribution in [2.24, 2.45) is 23.7 Å². The predicted molar refractivity (Wildman–Crippen MR) is 218 cm³/mol. The summed E-state index contributed by atoms with van der Waals surface area (Å²) < 4.78 is 17.7. The van der Waals surface area contributed by atoms with E-state index in [1.807, 2.05) is 71.9 Å². The van der Waals surface area contributed by atoms with Crippen molar-refractivity contribution >= 4 is 29.6 Å². The van der Waals surface area contributed by atoms with Crippen LogP contribution >= 0.6 is 0 Å². The number of nitrogens with one attached hydrogen (secondary N) is 3. The molecule has 9 atom stereocenters. The molecule has 13 nitrogen and oxygen atoms in total. The molecule has 13 heteroatoms. The highest BCUT2D eigenvalue weighted by Crippen LogP contribution is 2.30. The molecule has 0 aromatic heterocycles. The van der Waals surface area contributed by atoms with Crippen LogP contribution in [0.2, 0.25) is 0 Å². The molecule has 0 bridgehead atoms. The maximum atomic E-state index is 14.3. The fourth-order valence-electron chi connectivity index (χ4n) is 7.77. The summed E-state index contributed by atoms with van der Waals surface area (Å²) >= 11 is 0. The van der Waals surface area contributed by atoms with Gasteiger partial charge in [-0.15, -0.1) is 0 Å². The lowest BCUT2D eigenvalue weighted by Crippen LogP contribution is -2.59. The Labute approximate surface area is 336 Å². The monoisotopic (exact) mass is 788 g/mol. The second-order valence-electron chi connectivity index (χ2n) is 17.1. The fraction of sp³-hybridized carbons (Fsp3) is 0.744. The standard InChI is InChI=1S/C43H73N5O8/c1-15-28(6)37(47(12)41(52)36(27(4)5)46-40(51)35(44-11)26(2)3)33(54-13)25-34(49)48-23-19-22-32(48)38(55-14)29(7)39(50)45-31(42(53)56-43(8,9)10)24-30-20-17-16-18-21-30/h16-18,20-21,26-29,31-33,35-38,44H,15,19,22-25H2,1-14H3,(H,45,50)(H,46,51)/t28-,29?,31-,32-,33?,35?,36-,37-,38?/m0/s1. The molecule has 0 saturated carbocycles. The van der Waals surface area contributed by atoms with Crippen molar-refractivity contribution in [1.29, 1.82) is 0 Å². The quantitative estimate of drug-likeness (QED) is 0.154. The molecule has 1 fully saturated rings. The highest BCUT2D eigenvalue weighted by Gasteiger charge is 2.43. The molecule has 1 aliphatic heterocycles.